The van der Waals surface area contributed by atoms with Gasteiger partial charge in [-0.3, -0.25) is 14.8 Å². The number of rotatable bonds is 4. The van der Waals surface area contributed by atoms with Gasteiger partial charge < -0.3 is 10.1 Å². The topological polar surface area (TPSA) is 70.2 Å². The molecule has 0 spiro atoms. The summed E-state index contributed by atoms with van der Waals surface area (Å²) in [4.78, 5) is 14.5. The summed E-state index contributed by atoms with van der Waals surface area (Å²) in [6, 6.07) is 7.94. The minimum Gasteiger partial charge on any atom is -0.379 e. The molecule has 2 N–H and O–H groups in total. The highest BCUT2D eigenvalue weighted by molar-refractivity contribution is 14.1. The van der Waals surface area contributed by atoms with Crippen molar-refractivity contribution in [3.8, 4) is 0 Å². The Morgan fingerprint density at radius 3 is 2.95 bits per heavy atom. The zero-order valence-corrected chi connectivity index (χ0v) is 14.2. The zero-order chi connectivity index (χ0) is 15.4. The van der Waals surface area contributed by atoms with Crippen LogP contribution < -0.4 is 5.32 Å². The smallest absolute Gasteiger partial charge is 0.274 e. The molecule has 1 fully saturated rings. The van der Waals surface area contributed by atoms with E-state index in [1.807, 2.05) is 18.2 Å². The summed E-state index contributed by atoms with van der Waals surface area (Å²) in [5, 5.41) is 9.49. The van der Waals surface area contributed by atoms with Crippen molar-refractivity contribution in [3.63, 3.8) is 0 Å². The fourth-order valence-corrected chi connectivity index (χ4v) is 2.89. The van der Waals surface area contributed by atoms with Crippen LogP contribution in [0.3, 0.4) is 0 Å². The molecule has 1 aliphatic heterocycles. The predicted molar refractivity (Wildman–Crippen MR) is 91.8 cm³/mol. The highest BCUT2D eigenvalue weighted by Gasteiger charge is 2.13. The van der Waals surface area contributed by atoms with E-state index in [9.17, 15) is 4.79 Å². The van der Waals surface area contributed by atoms with E-state index >= 15 is 0 Å². The van der Waals surface area contributed by atoms with Gasteiger partial charge in [-0.25, -0.2) is 0 Å². The maximum absolute atomic E-state index is 12.2. The lowest BCUT2D eigenvalue weighted by Crippen LogP contribution is -2.35. The van der Waals surface area contributed by atoms with Crippen molar-refractivity contribution in [1.29, 1.82) is 0 Å². The first-order valence-electron chi connectivity index (χ1n) is 7.11. The Hall–Kier alpha value is -1.45. The second-order valence-corrected chi connectivity index (χ2v) is 6.30. The summed E-state index contributed by atoms with van der Waals surface area (Å²) in [6.07, 6.45) is 1.63. The molecular formula is C15H17IN4O2. The van der Waals surface area contributed by atoms with Crippen LogP contribution in [-0.2, 0) is 11.3 Å². The number of carbonyl (C=O) groups excluding carboxylic acids is 1. The molecule has 1 saturated heterocycles. The van der Waals surface area contributed by atoms with Crippen molar-refractivity contribution in [2.75, 3.05) is 31.6 Å². The summed E-state index contributed by atoms with van der Waals surface area (Å²) in [7, 11) is 0. The molecule has 0 saturated carbocycles. The van der Waals surface area contributed by atoms with E-state index in [0.29, 0.717) is 5.69 Å². The van der Waals surface area contributed by atoms with Gasteiger partial charge in [0.1, 0.15) is 5.69 Å². The molecule has 6 nitrogen and oxygen atoms in total. The molecule has 7 heteroatoms. The molecule has 116 valence electrons. The number of anilines is 1. The number of carbonyl (C=O) groups is 1. The molecule has 0 atom stereocenters. The largest absolute Gasteiger partial charge is 0.379 e. The maximum atomic E-state index is 12.2. The van der Waals surface area contributed by atoms with E-state index in [4.69, 9.17) is 4.74 Å². The zero-order valence-electron chi connectivity index (χ0n) is 12.0. The van der Waals surface area contributed by atoms with Gasteiger partial charge in [0.15, 0.2) is 0 Å². The standard InChI is InChI=1S/C15H17IN4O2/c16-13-9-17-19-14(13)15(21)18-12-3-1-2-11(8-12)10-20-4-6-22-7-5-20/h1-3,8-9H,4-7,10H2,(H,17,19)(H,18,21). The number of halogens is 1. The van der Waals surface area contributed by atoms with E-state index < -0.39 is 0 Å². The SMILES string of the molecule is O=C(Nc1cccc(CN2CCOCC2)c1)c1[nH]ncc1I. The number of aromatic amines is 1. The first-order valence-corrected chi connectivity index (χ1v) is 8.19. The van der Waals surface area contributed by atoms with Crippen molar-refractivity contribution in [2.24, 2.45) is 0 Å². The third-order valence-corrected chi connectivity index (χ3v) is 4.33. The van der Waals surface area contributed by atoms with Crippen LogP contribution in [0.15, 0.2) is 30.5 Å². The Bertz CT molecular complexity index is 652. The normalized spacial score (nSPS) is 15.7. The van der Waals surface area contributed by atoms with Crippen molar-refractivity contribution in [1.82, 2.24) is 15.1 Å². The Balaban J connectivity index is 1.66. The third kappa shape index (κ3) is 3.84. The quantitative estimate of drug-likeness (QED) is 0.755. The molecule has 0 bridgehead atoms. The summed E-state index contributed by atoms with van der Waals surface area (Å²) < 4.78 is 6.16. The second kappa shape index (κ2) is 7.21. The predicted octanol–water partition coefficient (Wildman–Crippen LogP) is 2.10. The van der Waals surface area contributed by atoms with E-state index in [1.54, 1.807) is 6.20 Å². The van der Waals surface area contributed by atoms with Crippen LogP contribution >= 0.6 is 22.6 Å². The average molecular weight is 412 g/mol. The van der Waals surface area contributed by atoms with Gasteiger partial charge in [0.2, 0.25) is 0 Å². The molecule has 2 heterocycles. The Morgan fingerprint density at radius 2 is 2.23 bits per heavy atom. The number of H-pyrrole nitrogens is 1. The molecule has 3 rings (SSSR count). The number of nitrogens with one attached hydrogen (secondary N) is 2. The van der Waals surface area contributed by atoms with Crippen LogP contribution in [0.25, 0.3) is 0 Å². The lowest BCUT2D eigenvalue weighted by molar-refractivity contribution is 0.0342. The Labute approximate surface area is 142 Å². The first-order chi connectivity index (χ1) is 10.7. The summed E-state index contributed by atoms with van der Waals surface area (Å²) in [6.45, 7) is 4.34. The van der Waals surface area contributed by atoms with E-state index in [-0.39, 0.29) is 5.91 Å². The number of ether oxygens (including phenoxy) is 1. The maximum Gasteiger partial charge on any atom is 0.274 e. The van der Waals surface area contributed by atoms with Crippen molar-refractivity contribution in [3.05, 3.63) is 45.3 Å². The minimum absolute atomic E-state index is 0.176. The molecule has 0 aliphatic carbocycles. The van der Waals surface area contributed by atoms with Crippen LogP contribution in [-0.4, -0.2) is 47.3 Å². The molecule has 1 aromatic heterocycles. The van der Waals surface area contributed by atoms with Crippen LogP contribution in [0.5, 0.6) is 0 Å². The number of amides is 1. The van der Waals surface area contributed by atoms with Crippen LogP contribution in [0.1, 0.15) is 16.1 Å². The molecule has 2 aromatic rings. The van der Waals surface area contributed by atoms with Gasteiger partial charge in [0, 0.05) is 25.3 Å². The summed E-state index contributed by atoms with van der Waals surface area (Å²) in [5.41, 5.74) is 2.46. The van der Waals surface area contributed by atoms with E-state index in [0.717, 1.165) is 42.1 Å². The van der Waals surface area contributed by atoms with E-state index in [2.05, 4.69) is 49.1 Å². The van der Waals surface area contributed by atoms with E-state index in [1.165, 1.54) is 5.56 Å². The number of benzene rings is 1. The van der Waals surface area contributed by atoms with Gasteiger partial charge >= 0.3 is 0 Å². The number of nitrogens with zero attached hydrogens (tertiary/aromatic N) is 2. The highest BCUT2D eigenvalue weighted by atomic mass is 127. The monoisotopic (exact) mass is 412 g/mol. The second-order valence-electron chi connectivity index (χ2n) is 5.14. The molecule has 1 aromatic carbocycles. The third-order valence-electron chi connectivity index (χ3n) is 3.51. The number of aromatic nitrogens is 2. The molecule has 0 unspecified atom stereocenters. The van der Waals surface area contributed by atoms with Gasteiger partial charge in [-0.05, 0) is 40.3 Å². The lowest BCUT2D eigenvalue weighted by atomic mass is 10.1. The van der Waals surface area contributed by atoms with Gasteiger partial charge in [-0.1, -0.05) is 12.1 Å². The fraction of sp³-hybridized carbons (Fsp3) is 0.333. The number of hydrogen-bond acceptors (Lipinski definition) is 4. The molecule has 1 aliphatic rings. The molecular weight excluding hydrogens is 395 g/mol. The first kappa shape index (κ1) is 15.4. The molecule has 0 radical (unpaired) electrons. The fourth-order valence-electron chi connectivity index (χ4n) is 2.39. The van der Waals surface area contributed by atoms with Crippen molar-refractivity contribution in [2.45, 2.75) is 6.54 Å². The van der Waals surface area contributed by atoms with Gasteiger partial charge in [0.05, 0.1) is 23.0 Å². The van der Waals surface area contributed by atoms with Crippen LogP contribution in [0.4, 0.5) is 5.69 Å². The highest BCUT2D eigenvalue weighted by Crippen LogP contribution is 2.16. The Morgan fingerprint density at radius 1 is 1.41 bits per heavy atom. The summed E-state index contributed by atoms with van der Waals surface area (Å²) >= 11 is 2.08. The van der Waals surface area contributed by atoms with Crippen molar-refractivity contribution < 1.29 is 9.53 Å². The number of morpholine rings is 1. The van der Waals surface area contributed by atoms with Crippen LogP contribution in [0.2, 0.25) is 0 Å². The average Bonchev–Trinajstić information content (AvgIpc) is 2.95. The van der Waals surface area contributed by atoms with Gasteiger partial charge in [0.25, 0.3) is 5.91 Å². The Kier molecular flexibility index (Phi) is 5.06. The molecule has 1 amide bonds. The van der Waals surface area contributed by atoms with Gasteiger partial charge in [-0.2, -0.15) is 5.10 Å². The molecule has 22 heavy (non-hydrogen) atoms. The van der Waals surface area contributed by atoms with Gasteiger partial charge in [-0.15, -0.1) is 0 Å². The lowest BCUT2D eigenvalue weighted by Gasteiger charge is -2.26. The minimum atomic E-state index is -0.176. The summed E-state index contributed by atoms with van der Waals surface area (Å²) in [5.74, 6) is -0.176. The van der Waals surface area contributed by atoms with Crippen molar-refractivity contribution >= 4 is 34.2 Å². The number of hydrogen-bond donors (Lipinski definition) is 2. The van der Waals surface area contributed by atoms with Crippen LogP contribution in [0, 0.1) is 3.57 Å².